The normalized spacial score (nSPS) is 8.48. The van der Waals surface area contributed by atoms with Crippen LogP contribution in [0.2, 0.25) is 0 Å². The maximum absolute atomic E-state index is 10.6. The van der Waals surface area contributed by atoms with Gasteiger partial charge < -0.3 is 10.2 Å². The average molecular weight is 434 g/mol. The fourth-order valence-electron chi connectivity index (χ4n) is 1.04. The van der Waals surface area contributed by atoms with E-state index in [2.05, 4.69) is 0 Å². The second-order valence-electron chi connectivity index (χ2n) is 3.39. The Labute approximate surface area is 139 Å². The number of aromatic hydroxyl groups is 2. The molecule has 0 amide bonds. The summed E-state index contributed by atoms with van der Waals surface area (Å²) in [5.74, 6) is -0.417. The van der Waals surface area contributed by atoms with Crippen molar-refractivity contribution in [1.29, 1.82) is 0 Å². The monoisotopic (exact) mass is 434 g/mol. The Hall–Kier alpha value is -1.24. The molecule has 2 aromatic rings. The van der Waals surface area contributed by atoms with Gasteiger partial charge in [0.2, 0.25) is 10.9 Å². The van der Waals surface area contributed by atoms with E-state index in [0.29, 0.717) is 0 Å². The summed E-state index contributed by atoms with van der Waals surface area (Å²) in [4.78, 5) is 21.1. The van der Waals surface area contributed by atoms with Crippen LogP contribution in [-0.2, 0) is 0 Å². The first kappa shape index (κ1) is 19.8. The van der Waals surface area contributed by atoms with Gasteiger partial charge in [0, 0.05) is 0 Å². The predicted octanol–water partition coefficient (Wildman–Crippen LogP) is 2.50. The van der Waals surface area contributed by atoms with E-state index < -0.39 is 18.9 Å². The zero-order chi connectivity index (χ0) is 16.1. The van der Waals surface area contributed by atoms with E-state index in [9.17, 15) is 9.59 Å². The van der Waals surface area contributed by atoms with E-state index in [1.807, 2.05) is 0 Å². The molecule has 110 valence electrons. The average Bonchev–Trinajstić information content (AvgIpc) is 2.75. The van der Waals surface area contributed by atoms with Crippen molar-refractivity contribution in [2.75, 3.05) is 0 Å². The summed E-state index contributed by atoms with van der Waals surface area (Å²) >= 11 is -0.826. The number of halogens is 2. The van der Waals surface area contributed by atoms with Gasteiger partial charge in [-0.05, 0) is 24.3 Å². The molecular formula is C14H12Cl2O4Sn. The fraction of sp³-hybridized carbons (Fsp3) is 0. The quantitative estimate of drug-likeness (QED) is 0.626. The van der Waals surface area contributed by atoms with Gasteiger partial charge >= 0.3 is 36.7 Å². The molecule has 0 aliphatic rings. The van der Waals surface area contributed by atoms with Crippen molar-refractivity contribution in [3.05, 3.63) is 81.1 Å². The summed E-state index contributed by atoms with van der Waals surface area (Å²) in [5, 5.41) is 17.5. The molecule has 0 aliphatic carbocycles. The van der Waals surface area contributed by atoms with Crippen LogP contribution in [0.1, 0.15) is 0 Å². The van der Waals surface area contributed by atoms with Crippen molar-refractivity contribution in [2.24, 2.45) is 0 Å². The Bertz CT molecular complexity index is 596. The van der Waals surface area contributed by atoms with Crippen LogP contribution in [-0.4, -0.2) is 29.1 Å². The third-order valence-electron chi connectivity index (χ3n) is 1.95. The van der Waals surface area contributed by atoms with Gasteiger partial charge in [-0.2, -0.15) is 0 Å². The first-order chi connectivity index (χ1) is 10.0. The summed E-state index contributed by atoms with van der Waals surface area (Å²) < 4.78 is 0. The van der Waals surface area contributed by atoms with Gasteiger partial charge in [-0.1, -0.05) is 36.4 Å². The molecule has 0 unspecified atom stereocenters. The Kier molecular flexibility index (Phi) is 11.8. The SMILES string of the molecule is O=c1cccccc1O.O=c1cccccc1O.[Cl][Sn][Cl]. The van der Waals surface area contributed by atoms with Crippen LogP contribution in [0.5, 0.6) is 11.5 Å². The molecule has 0 aliphatic heterocycles. The molecule has 0 saturated carbocycles. The van der Waals surface area contributed by atoms with Crippen LogP contribution in [0.15, 0.2) is 70.3 Å². The van der Waals surface area contributed by atoms with Gasteiger partial charge in [0.25, 0.3) is 0 Å². The summed E-state index contributed by atoms with van der Waals surface area (Å²) in [6.45, 7) is 0. The van der Waals surface area contributed by atoms with Crippen LogP contribution in [0.25, 0.3) is 0 Å². The van der Waals surface area contributed by atoms with Crippen molar-refractivity contribution in [3.8, 4) is 11.5 Å². The number of hydrogen-bond donors (Lipinski definition) is 2. The minimum absolute atomic E-state index is 0.208. The third kappa shape index (κ3) is 10.2. The molecule has 7 heteroatoms. The van der Waals surface area contributed by atoms with E-state index in [0.717, 1.165) is 0 Å². The van der Waals surface area contributed by atoms with Crippen LogP contribution in [0.4, 0.5) is 0 Å². The Balaban J connectivity index is 0.000000322. The van der Waals surface area contributed by atoms with Crippen LogP contribution < -0.4 is 10.9 Å². The maximum atomic E-state index is 10.6. The van der Waals surface area contributed by atoms with Crippen LogP contribution in [0.3, 0.4) is 0 Å². The van der Waals surface area contributed by atoms with Crippen molar-refractivity contribution in [2.45, 2.75) is 0 Å². The molecule has 2 radical (unpaired) electrons. The van der Waals surface area contributed by atoms with Gasteiger partial charge in [0.15, 0.2) is 11.5 Å². The molecule has 0 aromatic heterocycles. The topological polar surface area (TPSA) is 74.6 Å². The fourth-order valence-corrected chi connectivity index (χ4v) is 1.04. The Morgan fingerprint density at radius 2 is 0.952 bits per heavy atom. The molecule has 21 heavy (non-hydrogen) atoms. The molecule has 2 N–H and O–H groups in total. The van der Waals surface area contributed by atoms with E-state index in [1.165, 1.54) is 24.3 Å². The minimum atomic E-state index is -0.826. The Morgan fingerprint density at radius 3 is 1.29 bits per heavy atom. The van der Waals surface area contributed by atoms with Gasteiger partial charge in [-0.3, -0.25) is 9.59 Å². The molecule has 2 rings (SSSR count). The second-order valence-corrected chi connectivity index (χ2v) is 7.63. The van der Waals surface area contributed by atoms with E-state index in [1.54, 1.807) is 36.4 Å². The van der Waals surface area contributed by atoms with Crippen molar-refractivity contribution in [3.63, 3.8) is 0 Å². The van der Waals surface area contributed by atoms with E-state index in [-0.39, 0.29) is 22.4 Å². The number of rotatable bonds is 0. The van der Waals surface area contributed by atoms with E-state index >= 15 is 0 Å². The zero-order valence-electron chi connectivity index (χ0n) is 10.7. The Morgan fingerprint density at radius 1 is 0.667 bits per heavy atom. The first-order valence-electron chi connectivity index (χ1n) is 5.55. The van der Waals surface area contributed by atoms with E-state index in [4.69, 9.17) is 28.1 Å². The van der Waals surface area contributed by atoms with Gasteiger partial charge in [-0.15, -0.1) is 0 Å². The summed E-state index contributed by atoms with van der Waals surface area (Å²) in [7, 11) is 9.87. The summed E-state index contributed by atoms with van der Waals surface area (Å²) in [6.07, 6.45) is 0. The number of hydrogen-bond acceptors (Lipinski definition) is 4. The standard InChI is InChI=1S/2C7H6O2.2ClH.Sn/c2*8-6-4-2-1-3-5-7(6)9;;;/h2*1-5H,(H,8,9);2*1H;/q;;;;+2/p-2. The molecule has 4 nitrogen and oxygen atoms in total. The van der Waals surface area contributed by atoms with Crippen LogP contribution >= 0.6 is 17.8 Å². The second kappa shape index (κ2) is 12.5. The van der Waals surface area contributed by atoms with Crippen LogP contribution in [0, 0.1) is 0 Å². The van der Waals surface area contributed by atoms with Crippen molar-refractivity contribution in [1.82, 2.24) is 0 Å². The molecule has 0 bridgehead atoms. The van der Waals surface area contributed by atoms with Gasteiger partial charge in [0.1, 0.15) is 0 Å². The third-order valence-corrected chi connectivity index (χ3v) is 1.95. The molecule has 0 atom stereocenters. The predicted molar refractivity (Wildman–Crippen MR) is 86.2 cm³/mol. The zero-order valence-corrected chi connectivity index (χ0v) is 15.1. The molecule has 2 aromatic carbocycles. The first-order valence-corrected chi connectivity index (χ1v) is 12.8. The summed E-state index contributed by atoms with van der Waals surface area (Å²) in [5.41, 5.74) is -0.694. The molecule has 0 heterocycles. The van der Waals surface area contributed by atoms with Crippen molar-refractivity contribution < 1.29 is 10.2 Å². The van der Waals surface area contributed by atoms with Gasteiger partial charge in [-0.25, -0.2) is 0 Å². The van der Waals surface area contributed by atoms with Gasteiger partial charge in [0.05, 0.1) is 0 Å². The molecule has 0 spiro atoms. The van der Waals surface area contributed by atoms with Crippen molar-refractivity contribution >= 4 is 36.7 Å². The summed E-state index contributed by atoms with van der Waals surface area (Å²) in [6, 6.07) is 15.1. The molecular weight excluding hydrogens is 422 g/mol. The molecule has 0 saturated heterocycles. The molecule has 0 fully saturated rings.